The van der Waals surface area contributed by atoms with E-state index in [0.29, 0.717) is 6.04 Å². The van der Waals surface area contributed by atoms with Crippen molar-refractivity contribution in [3.05, 3.63) is 48.0 Å². The van der Waals surface area contributed by atoms with Crippen LogP contribution >= 0.6 is 12.4 Å². The first-order chi connectivity index (χ1) is 9.33. The summed E-state index contributed by atoms with van der Waals surface area (Å²) >= 11 is 0. The summed E-state index contributed by atoms with van der Waals surface area (Å²) in [5.41, 5.74) is 2.54. The van der Waals surface area contributed by atoms with Crippen LogP contribution in [-0.2, 0) is 13.6 Å². The lowest BCUT2D eigenvalue weighted by atomic mass is 10.0. The molecule has 0 aromatic carbocycles. The van der Waals surface area contributed by atoms with E-state index < -0.39 is 0 Å². The molecular formula is C14H20ClN5. The molecule has 0 bridgehead atoms. The number of aromatic nitrogens is 3. The molecule has 1 aliphatic heterocycles. The molecule has 108 valence electrons. The first-order valence-electron chi connectivity index (χ1n) is 6.65. The molecule has 1 unspecified atom stereocenters. The molecule has 2 aromatic rings. The smallest absolute Gasteiger partial charge is 0.0534 e. The Balaban J connectivity index is 0.00000147. The number of piperazine rings is 1. The predicted octanol–water partition coefficient (Wildman–Crippen LogP) is 1.38. The third-order valence-electron chi connectivity index (χ3n) is 3.57. The van der Waals surface area contributed by atoms with Crippen LogP contribution in [0.4, 0.5) is 0 Å². The SMILES string of the molecule is Cl.Cn1cc(CN2CCNCC2c2cccnc2)cn1. The number of hydrogen-bond acceptors (Lipinski definition) is 4. The first kappa shape index (κ1) is 15.0. The van der Waals surface area contributed by atoms with Crippen molar-refractivity contribution in [1.82, 2.24) is 25.0 Å². The summed E-state index contributed by atoms with van der Waals surface area (Å²) < 4.78 is 1.86. The fourth-order valence-electron chi connectivity index (χ4n) is 2.63. The zero-order valence-corrected chi connectivity index (χ0v) is 12.4. The Kier molecular flexibility index (Phi) is 5.11. The van der Waals surface area contributed by atoms with Crippen LogP contribution in [0.25, 0.3) is 0 Å². The largest absolute Gasteiger partial charge is 0.314 e. The number of nitrogens with zero attached hydrogens (tertiary/aromatic N) is 4. The molecule has 0 saturated carbocycles. The van der Waals surface area contributed by atoms with Gasteiger partial charge in [0.25, 0.3) is 0 Å². The minimum Gasteiger partial charge on any atom is -0.314 e. The zero-order chi connectivity index (χ0) is 13.1. The fourth-order valence-corrected chi connectivity index (χ4v) is 2.63. The summed E-state index contributed by atoms with van der Waals surface area (Å²) in [6.45, 7) is 4.01. The van der Waals surface area contributed by atoms with Gasteiger partial charge in [-0.25, -0.2) is 0 Å². The van der Waals surface area contributed by atoms with Crippen LogP contribution in [0.2, 0.25) is 0 Å². The van der Waals surface area contributed by atoms with Crippen molar-refractivity contribution in [3.8, 4) is 0 Å². The third kappa shape index (κ3) is 3.36. The van der Waals surface area contributed by atoms with Crippen LogP contribution in [0.15, 0.2) is 36.9 Å². The van der Waals surface area contributed by atoms with Crippen LogP contribution < -0.4 is 5.32 Å². The van der Waals surface area contributed by atoms with E-state index in [0.717, 1.165) is 26.2 Å². The molecule has 2 aromatic heterocycles. The van der Waals surface area contributed by atoms with Gasteiger partial charge in [0.2, 0.25) is 0 Å². The van der Waals surface area contributed by atoms with E-state index in [4.69, 9.17) is 0 Å². The quantitative estimate of drug-likeness (QED) is 0.929. The van der Waals surface area contributed by atoms with Crippen LogP contribution in [0.3, 0.4) is 0 Å². The Bertz CT molecular complexity index is 527. The molecule has 1 fully saturated rings. The molecule has 1 aliphatic rings. The van der Waals surface area contributed by atoms with Gasteiger partial charge < -0.3 is 5.32 Å². The van der Waals surface area contributed by atoms with Crippen molar-refractivity contribution < 1.29 is 0 Å². The molecule has 3 rings (SSSR count). The Labute approximate surface area is 125 Å². The van der Waals surface area contributed by atoms with Gasteiger partial charge in [-0.15, -0.1) is 12.4 Å². The standard InChI is InChI=1S/C14H19N5.ClH/c1-18-10-12(7-17-18)11-19-6-5-16-9-14(19)13-3-2-4-15-8-13;/h2-4,7-8,10,14,16H,5-6,9,11H2,1H3;1H. The second-order valence-corrected chi connectivity index (χ2v) is 5.00. The number of halogens is 1. The fraction of sp³-hybridized carbons (Fsp3) is 0.429. The van der Waals surface area contributed by atoms with E-state index in [9.17, 15) is 0 Å². The topological polar surface area (TPSA) is 46.0 Å². The molecule has 1 N–H and O–H groups in total. The first-order valence-corrected chi connectivity index (χ1v) is 6.65. The van der Waals surface area contributed by atoms with E-state index >= 15 is 0 Å². The second-order valence-electron chi connectivity index (χ2n) is 5.00. The van der Waals surface area contributed by atoms with E-state index in [1.165, 1.54) is 11.1 Å². The molecule has 0 radical (unpaired) electrons. The van der Waals surface area contributed by atoms with Gasteiger partial charge in [0, 0.05) is 63.4 Å². The summed E-state index contributed by atoms with van der Waals surface area (Å²) in [7, 11) is 1.96. The van der Waals surface area contributed by atoms with E-state index in [-0.39, 0.29) is 12.4 Å². The number of pyridine rings is 1. The molecule has 1 saturated heterocycles. The minimum atomic E-state index is 0. The molecule has 6 heteroatoms. The second kappa shape index (κ2) is 6.83. The van der Waals surface area contributed by atoms with Crippen LogP contribution in [0.1, 0.15) is 17.2 Å². The molecule has 0 amide bonds. The highest BCUT2D eigenvalue weighted by molar-refractivity contribution is 5.85. The number of aryl methyl sites for hydroxylation is 1. The lowest BCUT2D eigenvalue weighted by Gasteiger charge is -2.36. The van der Waals surface area contributed by atoms with Crippen molar-refractivity contribution >= 4 is 12.4 Å². The van der Waals surface area contributed by atoms with E-state index in [2.05, 4.69) is 32.6 Å². The third-order valence-corrected chi connectivity index (χ3v) is 3.57. The van der Waals surface area contributed by atoms with Gasteiger partial charge in [-0.05, 0) is 11.6 Å². The van der Waals surface area contributed by atoms with Gasteiger partial charge >= 0.3 is 0 Å². The lowest BCUT2D eigenvalue weighted by Crippen LogP contribution is -2.45. The Morgan fingerprint density at radius 3 is 3.00 bits per heavy atom. The van der Waals surface area contributed by atoms with Crippen molar-refractivity contribution in [3.63, 3.8) is 0 Å². The zero-order valence-electron chi connectivity index (χ0n) is 11.6. The van der Waals surface area contributed by atoms with Crippen LogP contribution in [0, 0.1) is 0 Å². The Hall–Kier alpha value is -1.43. The van der Waals surface area contributed by atoms with Crippen LogP contribution in [0.5, 0.6) is 0 Å². The van der Waals surface area contributed by atoms with Gasteiger partial charge in [-0.1, -0.05) is 6.07 Å². The monoisotopic (exact) mass is 293 g/mol. The molecule has 5 nitrogen and oxygen atoms in total. The van der Waals surface area contributed by atoms with Crippen molar-refractivity contribution in [2.75, 3.05) is 19.6 Å². The maximum absolute atomic E-state index is 4.24. The highest BCUT2D eigenvalue weighted by Crippen LogP contribution is 2.23. The van der Waals surface area contributed by atoms with E-state index in [1.54, 1.807) is 0 Å². The van der Waals surface area contributed by atoms with Gasteiger partial charge in [-0.3, -0.25) is 14.6 Å². The van der Waals surface area contributed by atoms with Gasteiger partial charge in [0.05, 0.1) is 6.20 Å². The molecule has 3 heterocycles. The molecule has 1 atom stereocenters. The Morgan fingerprint density at radius 2 is 2.30 bits per heavy atom. The maximum Gasteiger partial charge on any atom is 0.0534 e. The average Bonchev–Trinajstić information content (AvgIpc) is 2.86. The highest BCUT2D eigenvalue weighted by Gasteiger charge is 2.24. The summed E-state index contributed by atoms with van der Waals surface area (Å²) in [6, 6.07) is 4.55. The van der Waals surface area contributed by atoms with E-state index in [1.807, 2.05) is 36.4 Å². The molecular weight excluding hydrogens is 274 g/mol. The summed E-state index contributed by atoms with van der Waals surface area (Å²) in [4.78, 5) is 6.73. The molecule has 0 aliphatic carbocycles. The normalized spacial score (nSPS) is 19.6. The summed E-state index contributed by atoms with van der Waals surface area (Å²) in [6.07, 6.45) is 7.82. The highest BCUT2D eigenvalue weighted by atomic mass is 35.5. The lowest BCUT2D eigenvalue weighted by molar-refractivity contribution is 0.153. The predicted molar refractivity (Wildman–Crippen MR) is 80.7 cm³/mol. The van der Waals surface area contributed by atoms with Gasteiger partial charge in [-0.2, -0.15) is 5.10 Å². The number of rotatable bonds is 3. The summed E-state index contributed by atoms with van der Waals surface area (Å²) in [5.74, 6) is 0. The molecule has 20 heavy (non-hydrogen) atoms. The number of hydrogen-bond donors (Lipinski definition) is 1. The van der Waals surface area contributed by atoms with Gasteiger partial charge in [0.15, 0.2) is 0 Å². The minimum absolute atomic E-state index is 0. The van der Waals surface area contributed by atoms with Gasteiger partial charge in [0.1, 0.15) is 0 Å². The van der Waals surface area contributed by atoms with Crippen LogP contribution in [-0.4, -0.2) is 39.3 Å². The van der Waals surface area contributed by atoms with Crippen molar-refractivity contribution in [2.45, 2.75) is 12.6 Å². The maximum atomic E-state index is 4.24. The molecule has 0 spiro atoms. The van der Waals surface area contributed by atoms with Crippen molar-refractivity contribution in [2.24, 2.45) is 7.05 Å². The Morgan fingerprint density at radius 1 is 1.40 bits per heavy atom. The number of nitrogens with one attached hydrogen (secondary N) is 1. The summed E-state index contributed by atoms with van der Waals surface area (Å²) in [5, 5.41) is 7.71. The van der Waals surface area contributed by atoms with Crippen molar-refractivity contribution in [1.29, 1.82) is 0 Å². The average molecular weight is 294 g/mol.